The monoisotopic (exact) mass is 385 g/mol. The molecule has 0 aromatic carbocycles. The van der Waals surface area contributed by atoms with Gasteiger partial charge in [0, 0.05) is 14.1 Å². The Bertz CT molecular complexity index is 827. The second-order valence-electron chi connectivity index (χ2n) is 4.94. The Morgan fingerprint density at radius 3 is 2.04 bits per heavy atom. The number of nitrogens with one attached hydrogen (secondary N) is 2. The number of urea groups is 1. The van der Waals surface area contributed by atoms with Gasteiger partial charge in [0.1, 0.15) is 0 Å². The van der Waals surface area contributed by atoms with Crippen molar-refractivity contribution in [3.05, 3.63) is 29.7 Å². The number of likely N-dealkylation sites (N-methyl/N-ethyl adjacent to an activating group) is 1. The lowest BCUT2D eigenvalue weighted by atomic mass is 10.3. The van der Waals surface area contributed by atoms with E-state index in [1.54, 1.807) is 4.72 Å². The summed E-state index contributed by atoms with van der Waals surface area (Å²) >= 11 is 0. The lowest BCUT2D eigenvalue weighted by molar-refractivity contribution is -0.124. The van der Waals surface area contributed by atoms with Gasteiger partial charge in [-0.3, -0.25) is 10.1 Å². The third kappa shape index (κ3) is 5.17. The quantitative estimate of drug-likeness (QED) is 0.498. The van der Waals surface area contributed by atoms with Crippen LogP contribution in [0.5, 0.6) is 11.8 Å². The molecule has 26 heavy (non-hydrogen) atoms. The van der Waals surface area contributed by atoms with Crippen LogP contribution in [0.2, 0.25) is 0 Å². The zero-order chi connectivity index (χ0) is 20.1. The Labute approximate surface area is 150 Å². The molecule has 1 heterocycles. The number of hydrogen-bond donors (Lipinski definition) is 2. The van der Waals surface area contributed by atoms with Crippen molar-refractivity contribution in [2.24, 2.45) is 0 Å². The molecule has 0 aliphatic rings. The molecule has 12 heteroatoms. The highest BCUT2D eigenvalue weighted by Crippen LogP contribution is 2.18. The van der Waals surface area contributed by atoms with Gasteiger partial charge in [0.25, 0.3) is 15.9 Å². The molecule has 2 N–H and O–H groups in total. The fourth-order valence-electron chi connectivity index (χ4n) is 1.53. The smallest absolute Gasteiger partial charge is 0.335 e. The largest absolute Gasteiger partial charge is 0.481 e. The molecule has 0 bridgehead atoms. The summed E-state index contributed by atoms with van der Waals surface area (Å²) in [4.78, 5) is 31.8. The second kappa shape index (κ2) is 8.29. The van der Waals surface area contributed by atoms with Crippen LogP contribution in [-0.2, 0) is 14.8 Å². The van der Waals surface area contributed by atoms with Crippen molar-refractivity contribution in [3.63, 3.8) is 0 Å². The van der Waals surface area contributed by atoms with Crippen LogP contribution in [-0.4, -0.2) is 63.5 Å². The summed E-state index contributed by atoms with van der Waals surface area (Å²) in [5.41, 5.74) is -0.380. The Balaban J connectivity index is 2.91. The summed E-state index contributed by atoms with van der Waals surface area (Å²) in [5, 5.41) is 2.12. The predicted molar refractivity (Wildman–Crippen MR) is 93.2 cm³/mol. The maximum absolute atomic E-state index is 12.2. The average molecular weight is 385 g/mol. The van der Waals surface area contributed by atoms with Crippen LogP contribution in [0, 0.1) is 0 Å². The van der Waals surface area contributed by atoms with E-state index in [0.717, 1.165) is 4.90 Å². The Hall–Kier alpha value is -3.15. The number of rotatable bonds is 7. The van der Waals surface area contributed by atoms with Gasteiger partial charge in [0.05, 0.1) is 30.8 Å². The highest BCUT2D eigenvalue weighted by molar-refractivity contribution is 7.94. The molecule has 0 atom stereocenters. The van der Waals surface area contributed by atoms with Crippen LogP contribution in [0.3, 0.4) is 0 Å². The van der Waals surface area contributed by atoms with Crippen LogP contribution in [0.25, 0.3) is 0 Å². The number of amides is 3. The van der Waals surface area contributed by atoms with Crippen molar-refractivity contribution in [2.75, 3.05) is 33.6 Å². The summed E-state index contributed by atoms with van der Waals surface area (Å²) in [7, 11) is 1.11. The summed E-state index contributed by atoms with van der Waals surface area (Å²) in [6, 6.07) is 0.185. The Morgan fingerprint density at radius 2 is 1.62 bits per heavy atom. The van der Waals surface area contributed by atoms with Crippen molar-refractivity contribution >= 4 is 27.9 Å². The van der Waals surface area contributed by atoms with Gasteiger partial charge in [-0.1, -0.05) is 13.2 Å². The first-order valence-electron chi connectivity index (χ1n) is 6.92. The fraction of sp³-hybridized carbons (Fsp3) is 0.286. The van der Waals surface area contributed by atoms with E-state index >= 15 is 0 Å². The molecule has 0 fully saturated rings. The number of carbonyl (C=O) groups is 2. The van der Waals surface area contributed by atoms with Gasteiger partial charge in [-0.25, -0.2) is 17.9 Å². The molecule has 0 radical (unpaired) electrons. The van der Waals surface area contributed by atoms with Crippen molar-refractivity contribution in [1.29, 1.82) is 0 Å². The molecule has 1 aromatic rings. The lowest BCUT2D eigenvalue weighted by Gasteiger charge is -2.15. The zero-order valence-corrected chi connectivity index (χ0v) is 15.5. The molecule has 3 amide bonds. The minimum Gasteiger partial charge on any atom is -0.481 e. The molecule has 0 aliphatic heterocycles. The Morgan fingerprint density at radius 1 is 1.12 bits per heavy atom. The summed E-state index contributed by atoms with van der Waals surface area (Å²) in [6.07, 6.45) is 0. The number of carbonyl (C=O) groups excluding carboxylic acids is 2. The standard InChI is InChI=1S/C14H19N5O6S/c1-8(12(20)19(3)4)9(2)26(22,23)18-14(21)17-13-15-10(24-5)7-11(16-13)25-6/h7H,1-2H2,3-6H3,(H2,15,16,17,18,21). The second-order valence-corrected chi connectivity index (χ2v) is 6.64. The first-order chi connectivity index (χ1) is 12.0. The summed E-state index contributed by atoms with van der Waals surface area (Å²) in [5.74, 6) is -0.752. The average Bonchev–Trinajstić information content (AvgIpc) is 2.58. The highest BCUT2D eigenvalue weighted by atomic mass is 32.2. The van der Waals surface area contributed by atoms with Gasteiger partial charge in [-0.2, -0.15) is 9.97 Å². The number of methoxy groups -OCH3 is 2. The van der Waals surface area contributed by atoms with E-state index < -0.39 is 26.9 Å². The Kier molecular flexibility index (Phi) is 6.66. The van der Waals surface area contributed by atoms with Gasteiger partial charge in [-0.05, 0) is 0 Å². The maximum atomic E-state index is 12.2. The van der Waals surface area contributed by atoms with Gasteiger partial charge < -0.3 is 14.4 Å². The highest BCUT2D eigenvalue weighted by Gasteiger charge is 2.26. The van der Waals surface area contributed by atoms with Crippen LogP contribution < -0.4 is 19.5 Å². The van der Waals surface area contributed by atoms with E-state index in [9.17, 15) is 18.0 Å². The summed E-state index contributed by atoms with van der Waals surface area (Å²) < 4.78 is 35.8. The first-order valence-corrected chi connectivity index (χ1v) is 8.40. The van der Waals surface area contributed by atoms with Crippen molar-refractivity contribution in [3.8, 4) is 11.8 Å². The molecule has 1 aromatic heterocycles. The topological polar surface area (TPSA) is 140 Å². The molecule has 0 unspecified atom stereocenters. The first kappa shape index (κ1) is 20.9. The predicted octanol–water partition coefficient (Wildman–Crippen LogP) is 0.103. The van der Waals surface area contributed by atoms with Gasteiger partial charge in [0.15, 0.2) is 0 Å². The van der Waals surface area contributed by atoms with E-state index in [2.05, 4.69) is 28.4 Å². The fourth-order valence-corrected chi connectivity index (χ4v) is 2.36. The van der Waals surface area contributed by atoms with Crippen LogP contribution >= 0.6 is 0 Å². The summed E-state index contributed by atoms with van der Waals surface area (Å²) in [6.45, 7) is 6.68. The molecule has 0 aliphatic carbocycles. The molecule has 142 valence electrons. The van der Waals surface area contributed by atoms with E-state index in [4.69, 9.17) is 9.47 Å². The molecule has 0 saturated carbocycles. The number of nitrogens with zero attached hydrogens (tertiary/aromatic N) is 3. The van der Waals surface area contributed by atoms with Crippen molar-refractivity contribution in [1.82, 2.24) is 19.6 Å². The minimum atomic E-state index is -4.41. The van der Waals surface area contributed by atoms with E-state index in [1.165, 1.54) is 34.4 Å². The van der Waals surface area contributed by atoms with E-state index in [-0.39, 0.29) is 23.3 Å². The third-order valence-electron chi connectivity index (χ3n) is 2.88. The lowest BCUT2D eigenvalue weighted by Crippen LogP contribution is -2.37. The van der Waals surface area contributed by atoms with Crippen LogP contribution in [0.1, 0.15) is 0 Å². The number of hydrogen-bond acceptors (Lipinski definition) is 8. The molecule has 1 rings (SSSR count). The number of aromatic nitrogens is 2. The molecule has 0 saturated heterocycles. The van der Waals surface area contributed by atoms with Gasteiger partial charge in [0.2, 0.25) is 17.7 Å². The number of anilines is 1. The minimum absolute atomic E-state index is 0.0874. The van der Waals surface area contributed by atoms with Crippen molar-refractivity contribution in [2.45, 2.75) is 0 Å². The SMILES string of the molecule is C=C(C(=C)S(=O)(=O)NC(=O)Nc1nc(OC)cc(OC)n1)C(=O)N(C)C. The maximum Gasteiger partial charge on any atom is 0.335 e. The normalized spacial score (nSPS) is 10.5. The zero-order valence-electron chi connectivity index (χ0n) is 14.7. The molecular formula is C14H19N5O6S. The molecular weight excluding hydrogens is 366 g/mol. The third-order valence-corrected chi connectivity index (χ3v) is 4.22. The van der Waals surface area contributed by atoms with E-state index in [1.807, 2.05) is 0 Å². The van der Waals surface area contributed by atoms with E-state index in [0.29, 0.717) is 0 Å². The van der Waals surface area contributed by atoms with Gasteiger partial charge in [-0.15, -0.1) is 0 Å². The number of ether oxygens (including phenoxy) is 2. The van der Waals surface area contributed by atoms with Crippen LogP contribution in [0.4, 0.5) is 10.7 Å². The van der Waals surface area contributed by atoms with Gasteiger partial charge >= 0.3 is 6.03 Å². The van der Waals surface area contributed by atoms with Crippen molar-refractivity contribution < 1.29 is 27.5 Å². The van der Waals surface area contributed by atoms with Crippen LogP contribution in [0.15, 0.2) is 29.7 Å². The molecule has 0 spiro atoms. The molecule has 11 nitrogen and oxygen atoms in total. The number of sulfonamides is 1.